The minimum absolute atomic E-state index is 0.193. The molecule has 1 atom stereocenters. The molecule has 0 aromatic heterocycles. The van der Waals surface area contributed by atoms with E-state index in [9.17, 15) is 9.59 Å². The molecule has 0 rings (SSSR count). The number of alkyl carbamates (subject to hydrolysis) is 1. The van der Waals surface area contributed by atoms with Crippen LogP contribution in [0.15, 0.2) is 11.8 Å². The molecule has 0 saturated carbocycles. The van der Waals surface area contributed by atoms with E-state index in [1.807, 2.05) is 0 Å². The van der Waals surface area contributed by atoms with E-state index in [4.69, 9.17) is 14.6 Å². The van der Waals surface area contributed by atoms with Crippen LogP contribution in [0, 0.1) is 0 Å². The molecule has 2 N–H and O–H groups in total. The third-order valence-corrected chi connectivity index (χ3v) is 1.66. The fraction of sp³-hybridized carbons (Fsp3) is 0.667. The number of ether oxygens (including phenoxy) is 2. The van der Waals surface area contributed by atoms with Crippen LogP contribution in [0.3, 0.4) is 0 Å². The summed E-state index contributed by atoms with van der Waals surface area (Å²) in [7, 11) is 0. The maximum absolute atomic E-state index is 11.4. The zero-order valence-electron chi connectivity index (χ0n) is 11.4. The van der Waals surface area contributed by atoms with Gasteiger partial charge in [0.2, 0.25) is 5.76 Å². The van der Waals surface area contributed by atoms with E-state index in [0.717, 1.165) is 0 Å². The van der Waals surface area contributed by atoms with Gasteiger partial charge < -0.3 is 19.9 Å². The molecule has 0 aliphatic heterocycles. The van der Waals surface area contributed by atoms with Crippen LogP contribution in [0.1, 0.15) is 34.6 Å². The Kier molecular flexibility index (Phi) is 6.22. The second-order valence-corrected chi connectivity index (χ2v) is 4.70. The maximum Gasteiger partial charge on any atom is 0.408 e. The van der Waals surface area contributed by atoms with Gasteiger partial charge in [0.1, 0.15) is 5.60 Å². The van der Waals surface area contributed by atoms with Gasteiger partial charge in [-0.15, -0.1) is 0 Å². The fourth-order valence-electron chi connectivity index (χ4n) is 1.10. The molecule has 18 heavy (non-hydrogen) atoms. The first kappa shape index (κ1) is 16.3. The minimum Gasteiger partial charge on any atom is -0.487 e. The summed E-state index contributed by atoms with van der Waals surface area (Å²) in [5.41, 5.74) is -0.594. The summed E-state index contributed by atoms with van der Waals surface area (Å²) in [4.78, 5) is 22.2. The Hall–Kier alpha value is -1.72. The number of hydrogen-bond donors (Lipinski definition) is 2. The van der Waals surface area contributed by atoms with E-state index in [0.29, 0.717) is 0 Å². The molecule has 0 saturated heterocycles. The van der Waals surface area contributed by atoms with Crippen LogP contribution in [0.4, 0.5) is 4.79 Å². The average molecular weight is 259 g/mol. The van der Waals surface area contributed by atoms with Gasteiger partial charge in [-0.1, -0.05) is 0 Å². The van der Waals surface area contributed by atoms with Gasteiger partial charge in [0.25, 0.3) is 0 Å². The molecule has 6 heteroatoms. The molecule has 0 aromatic carbocycles. The molecule has 0 bridgehead atoms. The Labute approximate surface area is 107 Å². The lowest BCUT2D eigenvalue weighted by Gasteiger charge is -2.21. The van der Waals surface area contributed by atoms with Crippen LogP contribution in [0.5, 0.6) is 0 Å². The number of carbonyl (C=O) groups excluding carboxylic acids is 1. The highest BCUT2D eigenvalue weighted by Gasteiger charge is 2.18. The minimum atomic E-state index is -1.17. The Morgan fingerprint density at radius 2 is 1.94 bits per heavy atom. The lowest BCUT2D eigenvalue weighted by Crippen LogP contribution is -2.37. The van der Waals surface area contributed by atoms with Crippen molar-refractivity contribution in [2.24, 2.45) is 0 Å². The zero-order valence-corrected chi connectivity index (χ0v) is 11.4. The number of carboxylic acids is 1. The summed E-state index contributed by atoms with van der Waals surface area (Å²) < 4.78 is 9.97. The average Bonchev–Trinajstić information content (AvgIpc) is 2.13. The number of amides is 1. The second-order valence-electron chi connectivity index (χ2n) is 4.70. The van der Waals surface area contributed by atoms with Crippen molar-refractivity contribution in [1.82, 2.24) is 5.32 Å². The van der Waals surface area contributed by atoms with Gasteiger partial charge in [0.15, 0.2) is 0 Å². The van der Waals surface area contributed by atoms with Crippen molar-refractivity contribution in [3.05, 3.63) is 11.8 Å². The van der Waals surface area contributed by atoms with E-state index < -0.39 is 23.7 Å². The summed E-state index contributed by atoms with van der Waals surface area (Å²) in [6, 6.07) is -0.502. The standard InChI is InChI=1S/C12H21NO5/c1-6-17-9(10(14)15)7-8(2)13-11(16)18-12(3,4)5/h7-8H,6H2,1-5H3,(H,13,16)(H,14,15)/b9-7+. The highest BCUT2D eigenvalue weighted by atomic mass is 16.6. The first-order valence-corrected chi connectivity index (χ1v) is 5.73. The van der Waals surface area contributed by atoms with Crippen LogP contribution < -0.4 is 5.32 Å². The number of carboxylic acid groups (broad SMARTS) is 1. The third-order valence-electron chi connectivity index (χ3n) is 1.66. The molecule has 0 fully saturated rings. The number of hydrogen-bond acceptors (Lipinski definition) is 4. The van der Waals surface area contributed by atoms with Gasteiger partial charge in [0.05, 0.1) is 12.6 Å². The van der Waals surface area contributed by atoms with E-state index in [2.05, 4.69) is 5.32 Å². The highest BCUT2D eigenvalue weighted by Crippen LogP contribution is 2.07. The van der Waals surface area contributed by atoms with Gasteiger partial charge in [-0.05, 0) is 40.7 Å². The monoisotopic (exact) mass is 259 g/mol. The van der Waals surface area contributed by atoms with Crippen LogP contribution in [0.2, 0.25) is 0 Å². The molecule has 6 nitrogen and oxygen atoms in total. The van der Waals surface area contributed by atoms with Gasteiger partial charge in [-0.3, -0.25) is 0 Å². The molecule has 104 valence electrons. The Balaban J connectivity index is 4.47. The van der Waals surface area contributed by atoms with E-state index in [1.54, 1.807) is 34.6 Å². The Morgan fingerprint density at radius 1 is 1.39 bits per heavy atom. The van der Waals surface area contributed by atoms with E-state index in [-0.39, 0.29) is 12.4 Å². The van der Waals surface area contributed by atoms with Crippen molar-refractivity contribution >= 4 is 12.1 Å². The van der Waals surface area contributed by atoms with Crippen molar-refractivity contribution in [2.75, 3.05) is 6.61 Å². The third kappa shape index (κ3) is 7.54. The van der Waals surface area contributed by atoms with Gasteiger partial charge in [-0.25, -0.2) is 9.59 Å². The van der Waals surface area contributed by atoms with Crippen molar-refractivity contribution < 1.29 is 24.2 Å². The molecule has 0 spiro atoms. The molecule has 0 radical (unpaired) electrons. The van der Waals surface area contributed by atoms with Crippen molar-refractivity contribution in [3.63, 3.8) is 0 Å². The van der Waals surface area contributed by atoms with Gasteiger partial charge in [-0.2, -0.15) is 0 Å². The lowest BCUT2D eigenvalue weighted by atomic mass is 10.2. The van der Waals surface area contributed by atoms with Crippen LogP contribution in [-0.4, -0.2) is 35.4 Å². The highest BCUT2D eigenvalue weighted by molar-refractivity contribution is 5.84. The molecule has 0 aliphatic rings. The smallest absolute Gasteiger partial charge is 0.408 e. The normalized spacial score (nSPS) is 13.7. The SMILES string of the molecule is CCO/C(=C/C(C)NC(=O)OC(C)(C)C)C(=O)O. The molecular formula is C12H21NO5. The van der Waals surface area contributed by atoms with Crippen molar-refractivity contribution in [2.45, 2.75) is 46.3 Å². The fourth-order valence-corrected chi connectivity index (χ4v) is 1.10. The molecule has 0 aromatic rings. The van der Waals surface area contributed by atoms with E-state index in [1.165, 1.54) is 6.08 Å². The van der Waals surface area contributed by atoms with Gasteiger partial charge in [0, 0.05) is 0 Å². The first-order valence-electron chi connectivity index (χ1n) is 5.73. The molecule has 1 unspecified atom stereocenters. The largest absolute Gasteiger partial charge is 0.487 e. The first-order chi connectivity index (χ1) is 8.15. The molecule has 0 heterocycles. The quantitative estimate of drug-likeness (QED) is 0.582. The second kappa shape index (κ2) is 6.88. The van der Waals surface area contributed by atoms with Crippen molar-refractivity contribution in [3.8, 4) is 0 Å². The maximum atomic E-state index is 11.4. The van der Waals surface area contributed by atoms with Gasteiger partial charge >= 0.3 is 12.1 Å². The number of nitrogens with one attached hydrogen (secondary N) is 1. The zero-order chi connectivity index (χ0) is 14.3. The van der Waals surface area contributed by atoms with Crippen LogP contribution >= 0.6 is 0 Å². The summed E-state index contributed by atoms with van der Waals surface area (Å²) in [5.74, 6) is -1.37. The molecular weight excluding hydrogens is 238 g/mol. The lowest BCUT2D eigenvalue weighted by molar-refractivity contribution is -0.136. The number of rotatable bonds is 5. The number of aliphatic carboxylic acids is 1. The summed E-state index contributed by atoms with van der Waals surface area (Å²) in [6.45, 7) is 8.80. The topological polar surface area (TPSA) is 84.9 Å². The molecule has 0 aliphatic carbocycles. The Bertz CT molecular complexity index is 330. The van der Waals surface area contributed by atoms with Crippen LogP contribution in [0.25, 0.3) is 0 Å². The van der Waals surface area contributed by atoms with Crippen molar-refractivity contribution in [1.29, 1.82) is 0 Å². The number of carbonyl (C=O) groups is 2. The predicted molar refractivity (Wildman–Crippen MR) is 66.2 cm³/mol. The summed E-state index contributed by atoms with van der Waals surface area (Å²) >= 11 is 0. The Morgan fingerprint density at radius 3 is 2.33 bits per heavy atom. The van der Waals surface area contributed by atoms with E-state index >= 15 is 0 Å². The van der Waals surface area contributed by atoms with Crippen LogP contribution in [-0.2, 0) is 14.3 Å². The molecule has 1 amide bonds. The predicted octanol–water partition coefficient (Wildman–Crippen LogP) is 1.90. The summed E-state index contributed by atoms with van der Waals surface area (Å²) in [5, 5.41) is 11.3. The summed E-state index contributed by atoms with van der Waals surface area (Å²) in [6.07, 6.45) is 0.711.